The van der Waals surface area contributed by atoms with Crippen LogP contribution in [-0.4, -0.2) is 27.8 Å². The molecule has 3 rings (SSSR count). The fraction of sp³-hybridized carbons (Fsp3) is 0.143. The van der Waals surface area contributed by atoms with E-state index in [9.17, 15) is 14.4 Å². The summed E-state index contributed by atoms with van der Waals surface area (Å²) < 4.78 is 6.21. The Morgan fingerprint density at radius 3 is 2.39 bits per heavy atom. The Labute approximate surface area is 161 Å². The first kappa shape index (κ1) is 19.0. The number of aromatic nitrogens is 2. The standard InChI is InChI=1S/C21H19N3O4/c1-14(28-21(27)18-12-13-19(25)24(2)23-18)20(26)22-17-11-7-6-10-16(17)15-8-4-3-5-9-15/h3-14H,1-2H3,(H,22,26). The molecule has 0 radical (unpaired) electrons. The molecule has 1 heterocycles. The third-order valence-corrected chi connectivity index (χ3v) is 4.09. The number of amides is 1. The van der Waals surface area contributed by atoms with Crippen LogP contribution >= 0.6 is 0 Å². The van der Waals surface area contributed by atoms with Crippen LogP contribution in [0.15, 0.2) is 71.5 Å². The highest BCUT2D eigenvalue weighted by Gasteiger charge is 2.21. The van der Waals surface area contributed by atoms with Crippen LogP contribution in [0.1, 0.15) is 17.4 Å². The highest BCUT2D eigenvalue weighted by atomic mass is 16.5. The second kappa shape index (κ2) is 8.30. The van der Waals surface area contributed by atoms with Crippen molar-refractivity contribution < 1.29 is 14.3 Å². The van der Waals surface area contributed by atoms with Crippen LogP contribution in [0.4, 0.5) is 5.69 Å². The van der Waals surface area contributed by atoms with Gasteiger partial charge in [0.15, 0.2) is 11.8 Å². The lowest BCUT2D eigenvalue weighted by molar-refractivity contribution is -0.123. The van der Waals surface area contributed by atoms with E-state index in [1.54, 1.807) is 6.07 Å². The molecule has 0 aliphatic rings. The minimum atomic E-state index is -1.05. The van der Waals surface area contributed by atoms with Gasteiger partial charge < -0.3 is 10.1 Å². The van der Waals surface area contributed by atoms with Gasteiger partial charge in [-0.05, 0) is 24.6 Å². The van der Waals surface area contributed by atoms with Crippen molar-refractivity contribution in [1.29, 1.82) is 0 Å². The molecule has 0 bridgehead atoms. The number of para-hydroxylation sites is 1. The molecule has 1 atom stereocenters. The Bertz CT molecular complexity index is 1060. The van der Waals surface area contributed by atoms with Crippen molar-refractivity contribution in [2.24, 2.45) is 7.05 Å². The molecule has 0 fully saturated rings. The SMILES string of the molecule is CC(OC(=O)c1ccc(=O)n(C)n1)C(=O)Nc1ccccc1-c1ccccc1. The van der Waals surface area contributed by atoms with Gasteiger partial charge in [-0.1, -0.05) is 48.5 Å². The monoisotopic (exact) mass is 377 g/mol. The van der Waals surface area contributed by atoms with Crippen LogP contribution in [0.2, 0.25) is 0 Å². The lowest BCUT2D eigenvalue weighted by atomic mass is 10.0. The smallest absolute Gasteiger partial charge is 0.359 e. The molecule has 0 spiro atoms. The molecule has 28 heavy (non-hydrogen) atoms. The van der Waals surface area contributed by atoms with Gasteiger partial charge in [0.05, 0.1) is 0 Å². The summed E-state index contributed by atoms with van der Waals surface area (Å²) in [6.45, 7) is 1.47. The molecule has 0 saturated carbocycles. The lowest BCUT2D eigenvalue weighted by Crippen LogP contribution is -2.31. The van der Waals surface area contributed by atoms with Crippen molar-refractivity contribution in [2.45, 2.75) is 13.0 Å². The van der Waals surface area contributed by atoms with E-state index in [4.69, 9.17) is 4.74 Å². The number of nitrogens with one attached hydrogen (secondary N) is 1. The Kier molecular flexibility index (Phi) is 5.64. The topological polar surface area (TPSA) is 90.3 Å². The summed E-state index contributed by atoms with van der Waals surface area (Å²) in [7, 11) is 1.43. The van der Waals surface area contributed by atoms with E-state index in [-0.39, 0.29) is 11.3 Å². The molecule has 1 unspecified atom stereocenters. The predicted molar refractivity (Wildman–Crippen MR) is 105 cm³/mol. The molecule has 3 aromatic rings. The number of hydrogen-bond donors (Lipinski definition) is 1. The van der Waals surface area contributed by atoms with Crippen LogP contribution in [0.5, 0.6) is 0 Å². The number of esters is 1. The minimum absolute atomic E-state index is 0.0496. The van der Waals surface area contributed by atoms with E-state index < -0.39 is 18.0 Å². The largest absolute Gasteiger partial charge is 0.448 e. The van der Waals surface area contributed by atoms with E-state index in [1.807, 2.05) is 48.5 Å². The van der Waals surface area contributed by atoms with E-state index >= 15 is 0 Å². The fourth-order valence-corrected chi connectivity index (χ4v) is 2.58. The molecular formula is C21H19N3O4. The van der Waals surface area contributed by atoms with Gasteiger partial charge in [0.25, 0.3) is 11.5 Å². The Morgan fingerprint density at radius 1 is 1.00 bits per heavy atom. The molecule has 2 aromatic carbocycles. The third-order valence-electron chi connectivity index (χ3n) is 4.09. The zero-order chi connectivity index (χ0) is 20.1. The highest BCUT2D eigenvalue weighted by Crippen LogP contribution is 2.27. The maximum absolute atomic E-state index is 12.5. The van der Waals surface area contributed by atoms with Gasteiger partial charge in [-0.25, -0.2) is 9.48 Å². The number of rotatable bonds is 5. The average molecular weight is 377 g/mol. The minimum Gasteiger partial charge on any atom is -0.448 e. The molecule has 1 aromatic heterocycles. The van der Waals surface area contributed by atoms with E-state index in [1.165, 1.54) is 26.1 Å². The van der Waals surface area contributed by atoms with Crippen LogP contribution in [0, 0.1) is 0 Å². The van der Waals surface area contributed by atoms with Gasteiger partial charge in [-0.15, -0.1) is 0 Å². The zero-order valence-electron chi connectivity index (χ0n) is 15.5. The molecule has 1 N–H and O–H groups in total. The summed E-state index contributed by atoms with van der Waals surface area (Å²) in [5, 5.41) is 6.62. The maximum atomic E-state index is 12.5. The first-order chi connectivity index (χ1) is 13.5. The van der Waals surface area contributed by atoms with Crippen molar-refractivity contribution in [2.75, 3.05) is 5.32 Å². The van der Waals surface area contributed by atoms with Crippen molar-refractivity contribution in [3.05, 3.63) is 82.8 Å². The predicted octanol–water partition coefficient (Wildman–Crippen LogP) is 2.63. The van der Waals surface area contributed by atoms with E-state index in [0.717, 1.165) is 15.8 Å². The first-order valence-corrected chi connectivity index (χ1v) is 8.66. The Hall–Kier alpha value is -3.74. The summed E-state index contributed by atoms with van der Waals surface area (Å²) in [4.78, 5) is 36.1. The fourth-order valence-electron chi connectivity index (χ4n) is 2.58. The number of carbonyl (C=O) groups excluding carboxylic acids is 2. The van der Waals surface area contributed by atoms with Gasteiger partial charge in [0.1, 0.15) is 0 Å². The molecule has 0 saturated heterocycles. The summed E-state index contributed by atoms with van der Waals surface area (Å²) in [5.74, 6) is -1.25. The van der Waals surface area contributed by atoms with Gasteiger partial charge in [0.2, 0.25) is 0 Å². The van der Waals surface area contributed by atoms with Crippen molar-refractivity contribution >= 4 is 17.6 Å². The normalized spacial score (nSPS) is 11.5. The first-order valence-electron chi connectivity index (χ1n) is 8.66. The molecule has 0 aliphatic heterocycles. The highest BCUT2D eigenvalue weighted by molar-refractivity contribution is 5.99. The summed E-state index contributed by atoms with van der Waals surface area (Å²) in [6, 6.07) is 19.5. The molecule has 1 amide bonds. The molecule has 142 valence electrons. The Morgan fingerprint density at radius 2 is 1.68 bits per heavy atom. The third kappa shape index (κ3) is 4.32. The van der Waals surface area contributed by atoms with Gasteiger partial charge in [0, 0.05) is 24.4 Å². The van der Waals surface area contributed by atoms with E-state index in [0.29, 0.717) is 5.69 Å². The summed E-state index contributed by atoms with van der Waals surface area (Å²) >= 11 is 0. The van der Waals surface area contributed by atoms with E-state index in [2.05, 4.69) is 10.4 Å². The van der Waals surface area contributed by atoms with Crippen molar-refractivity contribution in [3.63, 3.8) is 0 Å². The van der Waals surface area contributed by atoms with Crippen LogP contribution in [-0.2, 0) is 16.6 Å². The maximum Gasteiger partial charge on any atom is 0.359 e. The lowest BCUT2D eigenvalue weighted by Gasteiger charge is -2.15. The van der Waals surface area contributed by atoms with Crippen LogP contribution < -0.4 is 10.9 Å². The molecule has 7 heteroatoms. The number of aryl methyl sites for hydroxylation is 1. The molecule has 0 aliphatic carbocycles. The second-order valence-corrected chi connectivity index (χ2v) is 6.13. The number of nitrogens with zero attached hydrogens (tertiary/aromatic N) is 2. The van der Waals surface area contributed by atoms with Crippen LogP contribution in [0.3, 0.4) is 0 Å². The second-order valence-electron chi connectivity index (χ2n) is 6.13. The number of carbonyl (C=O) groups is 2. The van der Waals surface area contributed by atoms with Crippen LogP contribution in [0.25, 0.3) is 11.1 Å². The van der Waals surface area contributed by atoms with Crippen molar-refractivity contribution in [3.8, 4) is 11.1 Å². The number of ether oxygens (including phenoxy) is 1. The van der Waals surface area contributed by atoms with Crippen molar-refractivity contribution in [1.82, 2.24) is 9.78 Å². The van der Waals surface area contributed by atoms with Gasteiger partial charge in [-0.3, -0.25) is 9.59 Å². The zero-order valence-corrected chi connectivity index (χ0v) is 15.5. The number of hydrogen-bond acceptors (Lipinski definition) is 5. The summed E-state index contributed by atoms with van der Waals surface area (Å²) in [6.07, 6.45) is -1.05. The van der Waals surface area contributed by atoms with Gasteiger partial charge in [-0.2, -0.15) is 5.10 Å². The average Bonchev–Trinajstić information content (AvgIpc) is 2.71. The number of benzene rings is 2. The quantitative estimate of drug-likeness (QED) is 0.691. The summed E-state index contributed by atoms with van der Waals surface area (Å²) in [5.41, 5.74) is 2.03. The number of anilines is 1. The Balaban J connectivity index is 1.72. The van der Waals surface area contributed by atoms with Gasteiger partial charge >= 0.3 is 5.97 Å². The molecule has 7 nitrogen and oxygen atoms in total. The molecular weight excluding hydrogens is 358 g/mol.